The van der Waals surface area contributed by atoms with Crippen molar-refractivity contribution < 1.29 is 29.9 Å². The number of hydrogen-bond donors (Lipinski definition) is 0. The molecule has 1 aromatic rings. The Morgan fingerprint density at radius 3 is 1.83 bits per heavy atom. The minimum absolute atomic E-state index is 0. The van der Waals surface area contributed by atoms with Crippen LogP contribution in [-0.4, -0.2) is 25.5 Å². The fourth-order valence-electron chi connectivity index (χ4n) is 4.05. The molecule has 0 heterocycles. The Kier molecular flexibility index (Phi) is 10.9. The molecule has 140 valence electrons. The van der Waals surface area contributed by atoms with E-state index in [1.165, 1.54) is 56.7 Å². The van der Waals surface area contributed by atoms with Gasteiger partial charge in [-0.15, -0.1) is 0 Å². The van der Waals surface area contributed by atoms with Crippen LogP contribution < -0.4 is 14.8 Å². The Bertz CT molecular complexity index is 458. The average molecular weight is 462 g/mol. The van der Waals surface area contributed by atoms with Crippen LogP contribution in [0, 0.1) is 6.38 Å². The molecule has 0 spiro atoms. The van der Waals surface area contributed by atoms with E-state index in [2.05, 4.69) is 36.2 Å². The number of rotatable bonds is 5. The molecule has 0 atom stereocenters. The maximum absolute atomic E-state index is 5.72. The van der Waals surface area contributed by atoms with Crippen LogP contribution in [0.1, 0.15) is 51.4 Å². The van der Waals surface area contributed by atoms with E-state index in [0.29, 0.717) is 0 Å². The second-order valence-electron chi connectivity index (χ2n) is 6.32. The second-order valence-corrected chi connectivity index (χ2v) is 9.08. The third-order valence-corrected chi connectivity index (χ3v) is 8.63. The number of halogens is 1. The van der Waals surface area contributed by atoms with E-state index >= 15 is 0 Å². The third-order valence-electron chi connectivity index (χ3n) is 5.10. The zero-order chi connectivity index (χ0) is 16.7. The van der Waals surface area contributed by atoms with Crippen molar-refractivity contribution in [3.63, 3.8) is 0 Å². The van der Waals surface area contributed by atoms with Gasteiger partial charge in [-0.2, -0.15) is 0 Å². The van der Waals surface area contributed by atoms with Crippen molar-refractivity contribution in [2.75, 3.05) is 14.2 Å². The van der Waals surface area contributed by atoms with E-state index in [1.807, 2.05) is 0 Å². The molecule has 0 saturated heterocycles. The van der Waals surface area contributed by atoms with Crippen molar-refractivity contribution in [2.24, 2.45) is 0 Å². The third kappa shape index (κ3) is 5.35. The fourth-order valence-corrected chi connectivity index (χ4v) is 7.94. The molecule has 24 heavy (non-hydrogen) atoms. The van der Waals surface area contributed by atoms with Crippen LogP contribution >= 0.6 is 19.5 Å². The summed E-state index contributed by atoms with van der Waals surface area (Å²) in [6.07, 6.45) is 14.1. The van der Waals surface area contributed by atoms with Gasteiger partial charge in [-0.1, -0.05) is 33.6 Å². The summed E-state index contributed by atoms with van der Waals surface area (Å²) in [5.74, 6) is 1.96. The zero-order valence-corrected chi connectivity index (χ0v) is 17.9. The Morgan fingerprint density at radius 1 is 0.917 bits per heavy atom. The fraction of sp³-hybridized carbons (Fsp3) is 0.632. The number of hydrogen-bond acceptors (Lipinski definition) is 2. The van der Waals surface area contributed by atoms with Gasteiger partial charge in [-0.05, 0) is 49.1 Å². The van der Waals surface area contributed by atoms with Gasteiger partial charge in [0.1, 0.15) is 11.5 Å². The van der Waals surface area contributed by atoms with Gasteiger partial charge in [0.25, 0.3) is 0 Å². The molecular weight excluding hydrogens is 433 g/mol. The Morgan fingerprint density at radius 2 is 1.42 bits per heavy atom. The topological polar surface area (TPSA) is 18.5 Å². The van der Waals surface area contributed by atoms with E-state index in [-0.39, 0.29) is 28.3 Å². The standard InChI is InChI=1S/C18H27O2P.CH2Cl.Pd/c1-19-14-11-12-18(17(13-14)20-2)21(15-7-3-4-8-15)16-9-5-6-10-16;1-2;/h11-13,15-16H,3-10H2,1-2H3;1H2;/q;-1;. The summed E-state index contributed by atoms with van der Waals surface area (Å²) in [7, 11) is 3.45. The van der Waals surface area contributed by atoms with E-state index in [0.717, 1.165) is 22.8 Å². The van der Waals surface area contributed by atoms with Gasteiger partial charge in [0.2, 0.25) is 0 Å². The summed E-state index contributed by atoms with van der Waals surface area (Å²) in [4.78, 5) is 0. The van der Waals surface area contributed by atoms with Gasteiger partial charge in [0, 0.05) is 31.8 Å². The van der Waals surface area contributed by atoms with Crippen molar-refractivity contribution in [1.29, 1.82) is 0 Å². The minimum atomic E-state index is -0.0826. The van der Waals surface area contributed by atoms with Crippen LogP contribution in [0.25, 0.3) is 0 Å². The van der Waals surface area contributed by atoms with Gasteiger partial charge in [0.15, 0.2) is 0 Å². The summed E-state index contributed by atoms with van der Waals surface area (Å²) in [6, 6.07) is 6.49. The van der Waals surface area contributed by atoms with Crippen LogP contribution in [0.2, 0.25) is 0 Å². The van der Waals surface area contributed by atoms with E-state index in [4.69, 9.17) is 9.47 Å². The molecule has 2 fully saturated rings. The van der Waals surface area contributed by atoms with Gasteiger partial charge in [0.05, 0.1) is 14.2 Å². The second kappa shape index (κ2) is 11.7. The maximum Gasteiger partial charge on any atom is 0.130 e. The summed E-state index contributed by atoms with van der Waals surface area (Å²) in [6.45, 7) is 0. The van der Waals surface area contributed by atoms with E-state index in [9.17, 15) is 0 Å². The molecule has 0 aromatic heterocycles. The van der Waals surface area contributed by atoms with Gasteiger partial charge in [-0.3, -0.25) is 6.38 Å². The molecule has 0 N–H and O–H groups in total. The SMILES string of the molecule is COc1ccc(P(C2CCCC2)C2CCCC2)c(OC)c1.[CH2-]Cl.[Pd]. The monoisotopic (exact) mass is 461 g/mol. The smallest absolute Gasteiger partial charge is 0.130 e. The van der Waals surface area contributed by atoms with Crippen LogP contribution in [0.5, 0.6) is 11.5 Å². The van der Waals surface area contributed by atoms with E-state index in [1.54, 1.807) is 14.2 Å². The first-order valence-corrected chi connectivity index (χ1v) is 10.6. The van der Waals surface area contributed by atoms with Crippen LogP contribution in [0.15, 0.2) is 18.2 Å². The molecule has 1 aromatic carbocycles. The number of ether oxygens (including phenoxy) is 2. The average Bonchev–Trinajstić information content (AvgIpc) is 3.31. The van der Waals surface area contributed by atoms with E-state index < -0.39 is 0 Å². The number of benzene rings is 1. The first-order chi connectivity index (χ1) is 11.3. The molecule has 2 nitrogen and oxygen atoms in total. The molecule has 0 radical (unpaired) electrons. The summed E-state index contributed by atoms with van der Waals surface area (Å²) in [5.41, 5.74) is 1.84. The Hall–Kier alpha value is 0.202. The first kappa shape index (κ1) is 22.2. The minimum Gasteiger partial charge on any atom is -0.497 e. The number of methoxy groups -OCH3 is 2. The Labute approximate surface area is 167 Å². The first-order valence-electron chi connectivity index (χ1n) is 8.60. The molecule has 0 bridgehead atoms. The molecule has 2 aliphatic carbocycles. The summed E-state index contributed by atoms with van der Waals surface area (Å²) in [5, 5.41) is 1.49. The van der Waals surface area contributed by atoms with Crippen LogP contribution in [0.4, 0.5) is 0 Å². The molecular formula is C19H29ClO2PPd-. The van der Waals surface area contributed by atoms with Crippen molar-refractivity contribution in [1.82, 2.24) is 0 Å². The maximum atomic E-state index is 5.72. The van der Waals surface area contributed by atoms with Gasteiger partial charge in [-0.25, -0.2) is 0 Å². The zero-order valence-electron chi connectivity index (χ0n) is 14.7. The van der Waals surface area contributed by atoms with Gasteiger partial charge >= 0.3 is 0 Å². The Balaban J connectivity index is 0.000000925. The normalized spacial score (nSPS) is 18.0. The largest absolute Gasteiger partial charge is 0.497 e. The molecule has 2 aliphatic rings. The van der Waals surface area contributed by atoms with Crippen LogP contribution in [0.3, 0.4) is 0 Å². The summed E-state index contributed by atoms with van der Waals surface area (Å²) >= 11 is 4.39. The molecule has 0 aliphatic heterocycles. The molecule has 2 saturated carbocycles. The summed E-state index contributed by atoms with van der Waals surface area (Å²) < 4.78 is 11.1. The molecule has 0 amide bonds. The molecule has 5 heteroatoms. The van der Waals surface area contributed by atoms with Crippen LogP contribution in [-0.2, 0) is 20.4 Å². The predicted octanol–water partition coefficient (Wildman–Crippen LogP) is 5.71. The van der Waals surface area contributed by atoms with Gasteiger partial charge < -0.3 is 21.1 Å². The van der Waals surface area contributed by atoms with Crippen molar-refractivity contribution in [3.05, 3.63) is 24.6 Å². The van der Waals surface area contributed by atoms with Crippen molar-refractivity contribution >= 4 is 24.8 Å². The molecule has 3 rings (SSSR count). The predicted molar refractivity (Wildman–Crippen MR) is 102 cm³/mol. The van der Waals surface area contributed by atoms with Crippen molar-refractivity contribution in [3.8, 4) is 11.5 Å². The quantitative estimate of drug-likeness (QED) is 0.317. The molecule has 0 unspecified atom stereocenters. The van der Waals surface area contributed by atoms with Crippen molar-refractivity contribution in [2.45, 2.75) is 62.7 Å².